The van der Waals surface area contributed by atoms with Crippen LogP contribution >= 0.6 is 0 Å². The third-order valence-electron chi connectivity index (χ3n) is 9.33. The lowest BCUT2D eigenvalue weighted by molar-refractivity contribution is -0.384. The van der Waals surface area contributed by atoms with E-state index in [-0.39, 0.29) is 43.5 Å². The summed E-state index contributed by atoms with van der Waals surface area (Å²) < 4.78 is 21.2. The van der Waals surface area contributed by atoms with E-state index in [1.807, 2.05) is 0 Å². The van der Waals surface area contributed by atoms with Gasteiger partial charge in [-0.25, -0.2) is 4.79 Å². The summed E-state index contributed by atoms with van der Waals surface area (Å²) in [5.41, 5.74) is -0.142. The van der Waals surface area contributed by atoms with E-state index in [0.29, 0.717) is 6.42 Å². The first-order valence-electron chi connectivity index (χ1n) is 20.8. The van der Waals surface area contributed by atoms with Gasteiger partial charge in [0.1, 0.15) is 19.0 Å². The second-order valence-electron chi connectivity index (χ2n) is 14.2. The number of carbonyl (C=O) groups is 3. The summed E-state index contributed by atoms with van der Waals surface area (Å²) in [6.07, 6.45) is 29.9. The molecular weight excluding hydrogens is 662 g/mol. The lowest BCUT2D eigenvalue weighted by atomic mass is 10.0. The molecule has 298 valence electrons. The van der Waals surface area contributed by atoms with Crippen molar-refractivity contribution < 1.29 is 38.3 Å². The predicted octanol–water partition coefficient (Wildman–Crippen LogP) is 12.5. The monoisotopic (exact) mass is 734 g/mol. The largest absolute Gasteiger partial charge is 0.513 e. The third-order valence-corrected chi connectivity index (χ3v) is 9.33. The van der Waals surface area contributed by atoms with E-state index in [4.69, 9.17) is 18.9 Å². The Labute approximate surface area is 314 Å². The molecule has 10 heteroatoms. The summed E-state index contributed by atoms with van der Waals surface area (Å²) in [4.78, 5) is 47.7. The standard InChI is InChI=1S/C42H71NO9/c1-3-5-7-9-11-13-15-17-19-21-23-25-27-29-40(44)49-35-39(36-50-42(46)52-38-33-31-37(32-34-38)43(47)48)51-41(45)30-28-26-24-22-20-18-16-14-12-10-8-6-4-2/h31-34,39H,3-30,35-36H2,1-2H3. The van der Waals surface area contributed by atoms with Crippen LogP contribution in [0.1, 0.15) is 194 Å². The third kappa shape index (κ3) is 28.4. The van der Waals surface area contributed by atoms with Crippen molar-refractivity contribution in [3.05, 3.63) is 34.4 Å². The number of nitrogens with zero attached hydrogens (tertiary/aromatic N) is 1. The minimum absolute atomic E-state index is 0.0655. The first-order chi connectivity index (χ1) is 25.3. The number of esters is 2. The van der Waals surface area contributed by atoms with E-state index >= 15 is 0 Å². The van der Waals surface area contributed by atoms with Crippen LogP contribution in [0, 0.1) is 10.1 Å². The SMILES string of the molecule is CCCCCCCCCCCCCCCC(=O)OCC(COC(=O)Oc1ccc([N+](=O)[O-])cc1)OC(=O)CCCCCCCCCCCCCCC. The van der Waals surface area contributed by atoms with E-state index in [2.05, 4.69) is 13.8 Å². The molecule has 0 amide bonds. The number of nitro groups is 1. The topological polar surface area (TPSA) is 131 Å². The lowest BCUT2D eigenvalue weighted by Crippen LogP contribution is -2.31. The number of hydrogen-bond acceptors (Lipinski definition) is 9. The summed E-state index contributed by atoms with van der Waals surface area (Å²) in [6, 6.07) is 4.98. The summed E-state index contributed by atoms with van der Waals surface area (Å²) in [7, 11) is 0. The van der Waals surface area contributed by atoms with Crippen LogP contribution in [0.3, 0.4) is 0 Å². The quantitative estimate of drug-likeness (QED) is 0.0167. The van der Waals surface area contributed by atoms with Gasteiger partial charge in [0.2, 0.25) is 0 Å². The van der Waals surface area contributed by atoms with Gasteiger partial charge in [0.15, 0.2) is 6.10 Å². The molecule has 0 fully saturated rings. The number of rotatable bonds is 35. The number of nitro benzene ring substituents is 1. The fourth-order valence-electron chi connectivity index (χ4n) is 6.12. The number of ether oxygens (including phenoxy) is 4. The van der Waals surface area contributed by atoms with Crippen molar-refractivity contribution in [2.45, 2.75) is 200 Å². The zero-order valence-electron chi connectivity index (χ0n) is 32.7. The predicted molar refractivity (Wildman–Crippen MR) is 207 cm³/mol. The van der Waals surface area contributed by atoms with Crippen molar-refractivity contribution in [1.82, 2.24) is 0 Å². The molecule has 0 aliphatic heterocycles. The first kappa shape index (κ1) is 46.9. The molecular formula is C42H71NO9. The van der Waals surface area contributed by atoms with Crippen molar-refractivity contribution in [2.75, 3.05) is 13.2 Å². The van der Waals surface area contributed by atoms with Crippen molar-refractivity contribution >= 4 is 23.8 Å². The molecule has 10 nitrogen and oxygen atoms in total. The average Bonchev–Trinajstić information content (AvgIpc) is 3.13. The van der Waals surface area contributed by atoms with E-state index in [1.54, 1.807) is 0 Å². The van der Waals surface area contributed by atoms with Gasteiger partial charge >= 0.3 is 18.1 Å². The molecule has 0 aromatic heterocycles. The molecule has 0 saturated carbocycles. The number of benzene rings is 1. The molecule has 0 bridgehead atoms. The molecule has 1 aromatic rings. The van der Waals surface area contributed by atoms with Crippen molar-refractivity contribution in [3.63, 3.8) is 0 Å². The van der Waals surface area contributed by atoms with Gasteiger partial charge in [-0.15, -0.1) is 0 Å². The Bertz CT molecular complexity index is 1050. The zero-order valence-corrected chi connectivity index (χ0v) is 32.7. The molecule has 1 atom stereocenters. The van der Waals surface area contributed by atoms with Crippen LogP contribution in [0.25, 0.3) is 0 Å². The van der Waals surface area contributed by atoms with Gasteiger partial charge in [-0.1, -0.05) is 168 Å². The fraction of sp³-hybridized carbons (Fsp3) is 0.786. The smallest absolute Gasteiger partial charge is 0.462 e. The second kappa shape index (κ2) is 33.7. The molecule has 0 heterocycles. The highest BCUT2D eigenvalue weighted by atomic mass is 16.7. The number of unbranched alkanes of at least 4 members (excludes halogenated alkanes) is 24. The van der Waals surface area contributed by atoms with Crippen LogP contribution in [0.2, 0.25) is 0 Å². The minimum atomic E-state index is -1.07. The summed E-state index contributed by atoms with van der Waals surface area (Å²) >= 11 is 0. The maximum Gasteiger partial charge on any atom is 0.513 e. The Morgan fingerprint density at radius 3 is 1.31 bits per heavy atom. The second-order valence-corrected chi connectivity index (χ2v) is 14.2. The molecule has 0 N–H and O–H groups in total. The molecule has 1 rings (SSSR count). The van der Waals surface area contributed by atoms with Crippen LogP contribution in [0.5, 0.6) is 5.75 Å². The van der Waals surface area contributed by atoms with Crippen LogP contribution in [0.15, 0.2) is 24.3 Å². The Morgan fingerprint density at radius 1 is 0.538 bits per heavy atom. The Morgan fingerprint density at radius 2 is 0.904 bits per heavy atom. The van der Waals surface area contributed by atoms with Gasteiger partial charge in [-0.05, 0) is 25.0 Å². The maximum absolute atomic E-state index is 12.6. The van der Waals surface area contributed by atoms with E-state index in [0.717, 1.165) is 38.5 Å². The van der Waals surface area contributed by atoms with Crippen LogP contribution in [-0.4, -0.2) is 42.3 Å². The van der Waals surface area contributed by atoms with Gasteiger partial charge in [0.05, 0.1) is 4.92 Å². The van der Waals surface area contributed by atoms with E-state index in [9.17, 15) is 24.5 Å². The number of carbonyl (C=O) groups excluding carboxylic acids is 3. The Balaban J connectivity index is 2.34. The van der Waals surface area contributed by atoms with Gasteiger partial charge in [0, 0.05) is 25.0 Å². The Hall–Kier alpha value is -3.17. The normalized spacial score (nSPS) is 11.6. The van der Waals surface area contributed by atoms with Gasteiger partial charge in [-0.2, -0.15) is 0 Å². The van der Waals surface area contributed by atoms with Crippen molar-refractivity contribution in [3.8, 4) is 5.75 Å². The molecule has 1 aromatic carbocycles. The molecule has 52 heavy (non-hydrogen) atoms. The summed E-state index contributed by atoms with van der Waals surface area (Å²) in [6.45, 7) is 3.90. The fourth-order valence-corrected chi connectivity index (χ4v) is 6.12. The molecule has 1 unspecified atom stereocenters. The average molecular weight is 734 g/mol. The van der Waals surface area contributed by atoms with Gasteiger partial charge in [0.25, 0.3) is 5.69 Å². The summed E-state index contributed by atoms with van der Waals surface area (Å²) in [5.74, 6) is -0.752. The van der Waals surface area contributed by atoms with E-state index < -0.39 is 23.2 Å². The van der Waals surface area contributed by atoms with Crippen LogP contribution < -0.4 is 4.74 Å². The minimum Gasteiger partial charge on any atom is -0.462 e. The van der Waals surface area contributed by atoms with Crippen molar-refractivity contribution in [2.24, 2.45) is 0 Å². The summed E-state index contributed by atoms with van der Waals surface area (Å²) in [5, 5.41) is 10.9. The van der Waals surface area contributed by atoms with E-state index in [1.165, 1.54) is 146 Å². The van der Waals surface area contributed by atoms with Gasteiger partial charge in [-0.3, -0.25) is 19.7 Å². The molecule has 0 saturated heterocycles. The van der Waals surface area contributed by atoms with Crippen LogP contribution in [0.4, 0.5) is 10.5 Å². The zero-order chi connectivity index (χ0) is 37.9. The Kier molecular flexibility index (Phi) is 30.3. The number of hydrogen-bond donors (Lipinski definition) is 0. The first-order valence-corrected chi connectivity index (χ1v) is 20.8. The molecule has 0 aliphatic rings. The molecule has 0 radical (unpaired) electrons. The molecule has 0 spiro atoms. The highest BCUT2D eigenvalue weighted by molar-refractivity contribution is 5.70. The van der Waals surface area contributed by atoms with Crippen molar-refractivity contribution in [1.29, 1.82) is 0 Å². The lowest BCUT2D eigenvalue weighted by Gasteiger charge is -2.18. The van der Waals surface area contributed by atoms with Gasteiger partial charge < -0.3 is 18.9 Å². The highest BCUT2D eigenvalue weighted by Gasteiger charge is 2.20. The number of non-ortho nitro benzene ring substituents is 1. The maximum atomic E-state index is 12.6. The van der Waals surface area contributed by atoms with Crippen LogP contribution in [-0.2, 0) is 23.8 Å². The highest BCUT2D eigenvalue weighted by Crippen LogP contribution is 2.19. The molecule has 0 aliphatic carbocycles.